The van der Waals surface area contributed by atoms with Crippen molar-refractivity contribution in [2.45, 2.75) is 6.92 Å². The van der Waals surface area contributed by atoms with Crippen molar-refractivity contribution in [3.05, 3.63) is 24.0 Å². The maximum absolute atomic E-state index is 10.7. The Labute approximate surface area is 82.0 Å². The van der Waals surface area contributed by atoms with Crippen LogP contribution in [0.2, 0.25) is 0 Å². The van der Waals surface area contributed by atoms with E-state index >= 15 is 0 Å². The molecule has 2 N–H and O–H groups in total. The minimum absolute atomic E-state index is 0.0189. The molecule has 0 aliphatic carbocycles. The second kappa shape index (κ2) is 4.87. The maximum atomic E-state index is 10.7. The summed E-state index contributed by atoms with van der Waals surface area (Å²) in [5, 5.41) is 11.7. The first-order chi connectivity index (χ1) is 6.75. The Hall–Kier alpha value is -2.02. The number of anilines is 1. The van der Waals surface area contributed by atoms with E-state index in [1.807, 2.05) is 0 Å². The van der Waals surface area contributed by atoms with Crippen molar-refractivity contribution < 1.29 is 9.90 Å². The fourth-order valence-electron chi connectivity index (χ4n) is 0.946. The number of nitrogens with one attached hydrogen (secondary N) is 1. The average molecular weight is 190 g/mol. The molecule has 1 rings (SSSR count). The molecule has 72 valence electrons. The molecule has 0 bridgehead atoms. The molecular weight excluding hydrogens is 180 g/mol. The van der Waals surface area contributed by atoms with E-state index in [1.165, 1.54) is 6.20 Å². The fraction of sp³-hybridized carbons (Fsp3) is 0.200. The van der Waals surface area contributed by atoms with Crippen LogP contribution in [0.1, 0.15) is 17.4 Å². The first-order valence-electron chi connectivity index (χ1n) is 4.07. The van der Waals surface area contributed by atoms with Gasteiger partial charge in [-0.2, -0.15) is 0 Å². The Balaban J connectivity index is 2.83. The highest BCUT2D eigenvalue weighted by Gasteiger charge is 2.09. The minimum atomic E-state index is -1.04. The summed E-state index contributed by atoms with van der Waals surface area (Å²) in [7, 11) is 0. The molecule has 0 aliphatic heterocycles. The van der Waals surface area contributed by atoms with Crippen LogP contribution in [-0.4, -0.2) is 22.6 Å². The molecule has 1 heterocycles. The van der Waals surface area contributed by atoms with Gasteiger partial charge in [-0.15, -0.1) is 5.92 Å². The Morgan fingerprint density at radius 1 is 1.71 bits per heavy atom. The zero-order valence-electron chi connectivity index (χ0n) is 7.74. The van der Waals surface area contributed by atoms with Crippen LogP contribution in [0, 0.1) is 11.8 Å². The lowest BCUT2D eigenvalue weighted by molar-refractivity contribution is 0.0691. The van der Waals surface area contributed by atoms with Crippen LogP contribution >= 0.6 is 0 Å². The third kappa shape index (κ3) is 2.49. The van der Waals surface area contributed by atoms with E-state index in [0.29, 0.717) is 12.2 Å². The number of hydrogen-bond acceptors (Lipinski definition) is 3. The molecule has 4 heteroatoms. The summed E-state index contributed by atoms with van der Waals surface area (Å²) in [6.07, 6.45) is 1.44. The number of pyridine rings is 1. The number of rotatable bonds is 3. The van der Waals surface area contributed by atoms with Gasteiger partial charge < -0.3 is 10.4 Å². The predicted molar refractivity (Wildman–Crippen MR) is 53.1 cm³/mol. The maximum Gasteiger partial charge on any atom is 0.356 e. The van der Waals surface area contributed by atoms with Gasteiger partial charge in [-0.25, -0.2) is 9.78 Å². The van der Waals surface area contributed by atoms with E-state index in [1.54, 1.807) is 19.1 Å². The third-order valence-electron chi connectivity index (χ3n) is 1.55. The van der Waals surface area contributed by atoms with Crippen molar-refractivity contribution in [1.82, 2.24) is 4.98 Å². The zero-order chi connectivity index (χ0) is 10.4. The number of nitrogens with zero attached hydrogens (tertiary/aromatic N) is 1. The summed E-state index contributed by atoms with van der Waals surface area (Å²) in [5.74, 6) is 4.44. The highest BCUT2D eigenvalue weighted by Crippen LogP contribution is 2.10. The van der Waals surface area contributed by atoms with Gasteiger partial charge in [0.05, 0.1) is 12.2 Å². The average Bonchev–Trinajstić information content (AvgIpc) is 2.19. The van der Waals surface area contributed by atoms with E-state index in [-0.39, 0.29) is 5.69 Å². The summed E-state index contributed by atoms with van der Waals surface area (Å²) in [6, 6.07) is 3.34. The molecule has 14 heavy (non-hydrogen) atoms. The van der Waals surface area contributed by atoms with E-state index in [9.17, 15) is 4.79 Å². The molecule has 0 aliphatic rings. The van der Waals surface area contributed by atoms with E-state index in [4.69, 9.17) is 5.11 Å². The highest BCUT2D eigenvalue weighted by atomic mass is 16.4. The van der Waals surface area contributed by atoms with Crippen LogP contribution in [0.4, 0.5) is 5.69 Å². The standard InChI is InChI=1S/C10H10N2O2/c1-2-3-6-11-8-5-4-7-12-9(8)10(13)14/h4-5,7,11H,6H2,1H3,(H,13,14). The van der Waals surface area contributed by atoms with Gasteiger partial charge in [0.2, 0.25) is 0 Å². The summed E-state index contributed by atoms with van der Waals surface area (Å²) in [5.41, 5.74) is 0.508. The topological polar surface area (TPSA) is 62.2 Å². The molecule has 4 nitrogen and oxygen atoms in total. The summed E-state index contributed by atoms with van der Waals surface area (Å²) < 4.78 is 0. The Morgan fingerprint density at radius 2 is 2.50 bits per heavy atom. The van der Waals surface area contributed by atoms with Crippen molar-refractivity contribution in [3.8, 4) is 11.8 Å². The number of carbonyl (C=O) groups is 1. The summed E-state index contributed by atoms with van der Waals surface area (Å²) in [4.78, 5) is 14.5. The molecule has 1 aromatic heterocycles. The van der Waals surface area contributed by atoms with Crippen LogP contribution in [0.3, 0.4) is 0 Å². The fourth-order valence-corrected chi connectivity index (χ4v) is 0.946. The van der Waals surface area contributed by atoms with Crippen molar-refractivity contribution in [1.29, 1.82) is 0 Å². The first kappa shape index (κ1) is 10.1. The molecule has 0 radical (unpaired) electrons. The molecule has 0 amide bonds. The Morgan fingerprint density at radius 3 is 3.14 bits per heavy atom. The molecule has 0 spiro atoms. The number of aromatic nitrogens is 1. The predicted octanol–water partition coefficient (Wildman–Crippen LogP) is 1.21. The van der Waals surface area contributed by atoms with Gasteiger partial charge >= 0.3 is 5.97 Å². The third-order valence-corrected chi connectivity index (χ3v) is 1.55. The molecule has 1 aromatic rings. The zero-order valence-corrected chi connectivity index (χ0v) is 7.74. The normalized spacial score (nSPS) is 8.64. The van der Waals surface area contributed by atoms with Gasteiger partial charge in [-0.3, -0.25) is 0 Å². The highest BCUT2D eigenvalue weighted by molar-refractivity contribution is 5.91. The van der Waals surface area contributed by atoms with Crippen LogP contribution in [-0.2, 0) is 0 Å². The quantitative estimate of drug-likeness (QED) is 0.703. The van der Waals surface area contributed by atoms with Crippen LogP contribution < -0.4 is 5.32 Å². The lowest BCUT2D eigenvalue weighted by Crippen LogP contribution is -2.08. The Kier molecular flexibility index (Phi) is 3.50. The van der Waals surface area contributed by atoms with Gasteiger partial charge in [0, 0.05) is 6.20 Å². The number of aromatic carboxylic acids is 1. The molecular formula is C10H10N2O2. The summed E-state index contributed by atoms with van der Waals surface area (Å²) in [6.45, 7) is 2.14. The van der Waals surface area contributed by atoms with Gasteiger partial charge in [0.15, 0.2) is 5.69 Å². The largest absolute Gasteiger partial charge is 0.476 e. The van der Waals surface area contributed by atoms with Crippen molar-refractivity contribution in [2.24, 2.45) is 0 Å². The molecule has 0 unspecified atom stereocenters. The van der Waals surface area contributed by atoms with Crippen molar-refractivity contribution in [3.63, 3.8) is 0 Å². The lowest BCUT2D eigenvalue weighted by Gasteiger charge is -2.04. The van der Waals surface area contributed by atoms with E-state index in [0.717, 1.165) is 0 Å². The molecule has 0 fully saturated rings. The summed E-state index contributed by atoms with van der Waals surface area (Å²) >= 11 is 0. The molecule has 0 saturated carbocycles. The smallest absolute Gasteiger partial charge is 0.356 e. The van der Waals surface area contributed by atoms with Crippen LogP contribution in [0.15, 0.2) is 18.3 Å². The molecule has 0 saturated heterocycles. The van der Waals surface area contributed by atoms with Crippen molar-refractivity contribution >= 4 is 11.7 Å². The van der Waals surface area contributed by atoms with Crippen molar-refractivity contribution in [2.75, 3.05) is 11.9 Å². The van der Waals surface area contributed by atoms with E-state index < -0.39 is 5.97 Å². The van der Waals surface area contributed by atoms with Crippen LogP contribution in [0.5, 0.6) is 0 Å². The van der Waals surface area contributed by atoms with Gasteiger partial charge in [-0.1, -0.05) is 5.92 Å². The Bertz CT molecular complexity index is 391. The lowest BCUT2D eigenvalue weighted by atomic mass is 10.3. The minimum Gasteiger partial charge on any atom is -0.476 e. The SMILES string of the molecule is CC#CCNc1cccnc1C(=O)O. The second-order valence-electron chi connectivity index (χ2n) is 2.49. The number of hydrogen-bond donors (Lipinski definition) is 2. The van der Waals surface area contributed by atoms with Gasteiger partial charge in [-0.05, 0) is 19.1 Å². The van der Waals surface area contributed by atoms with Crippen LogP contribution in [0.25, 0.3) is 0 Å². The number of carboxylic acids is 1. The second-order valence-corrected chi connectivity index (χ2v) is 2.49. The van der Waals surface area contributed by atoms with Gasteiger partial charge in [0.1, 0.15) is 0 Å². The molecule has 0 aromatic carbocycles. The first-order valence-corrected chi connectivity index (χ1v) is 4.07. The van der Waals surface area contributed by atoms with Gasteiger partial charge in [0.25, 0.3) is 0 Å². The molecule has 0 atom stereocenters. The monoisotopic (exact) mass is 190 g/mol. The van der Waals surface area contributed by atoms with E-state index in [2.05, 4.69) is 22.1 Å². The number of carboxylic acid groups (broad SMARTS) is 1.